The number of benzene rings is 1. The van der Waals surface area contributed by atoms with E-state index in [0.29, 0.717) is 36.3 Å². The van der Waals surface area contributed by atoms with Crippen molar-refractivity contribution >= 4 is 22.7 Å². The Morgan fingerprint density at radius 3 is 2.84 bits per heavy atom. The second-order valence-electron chi connectivity index (χ2n) is 8.55. The molecule has 2 amide bonds. The maximum Gasteiger partial charge on any atom is 0.345 e. The molecule has 0 spiro atoms. The summed E-state index contributed by atoms with van der Waals surface area (Å²) in [6.45, 7) is -0.500. The first-order valence-corrected chi connectivity index (χ1v) is 10.5. The van der Waals surface area contributed by atoms with E-state index >= 15 is 0 Å². The molecule has 1 unspecified atom stereocenters. The first kappa shape index (κ1) is 20.6. The van der Waals surface area contributed by atoms with Gasteiger partial charge in [0, 0.05) is 16.9 Å². The molecule has 32 heavy (non-hydrogen) atoms. The lowest BCUT2D eigenvalue weighted by molar-refractivity contribution is -0.135. The number of ether oxygens (including phenoxy) is 1. The largest absolute Gasteiger partial charge is 0.351 e. The van der Waals surface area contributed by atoms with Gasteiger partial charge in [0.2, 0.25) is 0 Å². The Balaban J connectivity index is 1.35. The summed E-state index contributed by atoms with van der Waals surface area (Å²) in [5, 5.41) is 8.08. The number of aromatic nitrogens is 3. The molecule has 1 fully saturated rings. The Bertz CT molecular complexity index is 1150. The molecule has 0 saturated heterocycles. The number of hydrogen-bond acceptors (Lipinski definition) is 4. The Morgan fingerprint density at radius 1 is 1.34 bits per heavy atom. The van der Waals surface area contributed by atoms with Gasteiger partial charge in [-0.3, -0.25) is 14.3 Å². The van der Waals surface area contributed by atoms with Crippen LogP contribution in [0.15, 0.2) is 36.5 Å². The van der Waals surface area contributed by atoms with Crippen molar-refractivity contribution in [3.63, 3.8) is 0 Å². The van der Waals surface area contributed by atoms with Gasteiger partial charge >= 0.3 is 6.61 Å². The average molecular weight is 443 g/mol. The molecular weight excluding hydrogens is 420 g/mol. The highest BCUT2D eigenvalue weighted by Gasteiger charge is 2.46. The second kappa shape index (κ2) is 7.70. The highest BCUT2D eigenvalue weighted by Crippen LogP contribution is 2.36. The zero-order valence-corrected chi connectivity index (χ0v) is 17.5. The number of amides is 2. The number of fused-ring (bicyclic) bond motifs is 2. The monoisotopic (exact) mass is 443 g/mol. The number of carbonyl (C=O) groups is 2. The van der Waals surface area contributed by atoms with Crippen molar-refractivity contribution in [2.45, 2.75) is 51.0 Å². The zero-order chi connectivity index (χ0) is 22.5. The molecule has 0 radical (unpaired) electrons. The molecule has 5 rings (SSSR count). The van der Waals surface area contributed by atoms with Crippen molar-refractivity contribution in [2.24, 2.45) is 0 Å². The lowest BCUT2D eigenvalue weighted by Crippen LogP contribution is -2.46. The van der Waals surface area contributed by atoms with Gasteiger partial charge in [-0.2, -0.15) is 13.9 Å². The number of para-hydroxylation sites is 1. The Kier molecular flexibility index (Phi) is 4.96. The van der Waals surface area contributed by atoms with Gasteiger partial charge in [0.15, 0.2) is 0 Å². The van der Waals surface area contributed by atoms with Gasteiger partial charge in [-0.25, -0.2) is 0 Å². The third-order valence-corrected chi connectivity index (χ3v) is 6.22. The minimum atomic E-state index is -2.88. The third kappa shape index (κ3) is 3.75. The average Bonchev–Trinajstić information content (AvgIpc) is 3.20. The molecule has 3 heterocycles. The number of halogens is 2. The number of aromatic amines is 1. The minimum absolute atomic E-state index is 0.119. The SMILES string of the molecule is CC1Cn2ncc(C(=O)NC3(COC(F)F)CC3)c2CN1C(=O)c1cc2ccccc2[nH]1. The summed E-state index contributed by atoms with van der Waals surface area (Å²) in [5.41, 5.74) is 1.57. The summed E-state index contributed by atoms with van der Waals surface area (Å²) in [7, 11) is 0. The van der Waals surface area contributed by atoms with Crippen molar-refractivity contribution in [1.29, 1.82) is 0 Å². The van der Waals surface area contributed by atoms with Crippen LogP contribution in [0.2, 0.25) is 0 Å². The predicted molar refractivity (Wildman–Crippen MR) is 111 cm³/mol. The van der Waals surface area contributed by atoms with E-state index in [1.165, 1.54) is 6.20 Å². The number of nitrogens with zero attached hydrogens (tertiary/aromatic N) is 3. The molecule has 1 atom stereocenters. The summed E-state index contributed by atoms with van der Waals surface area (Å²) in [6, 6.07) is 9.37. The highest BCUT2D eigenvalue weighted by molar-refractivity contribution is 5.99. The molecule has 2 N–H and O–H groups in total. The van der Waals surface area contributed by atoms with Crippen LogP contribution in [0.3, 0.4) is 0 Å². The molecular formula is C22H23F2N5O3. The van der Waals surface area contributed by atoms with Gasteiger partial charge in [0.05, 0.1) is 42.7 Å². The maximum atomic E-state index is 13.3. The summed E-state index contributed by atoms with van der Waals surface area (Å²) in [5.74, 6) is -0.550. The van der Waals surface area contributed by atoms with Gasteiger partial charge in [0.25, 0.3) is 11.8 Å². The van der Waals surface area contributed by atoms with Gasteiger partial charge in [-0.1, -0.05) is 18.2 Å². The van der Waals surface area contributed by atoms with Crippen LogP contribution in [0, 0.1) is 0 Å². The van der Waals surface area contributed by atoms with Crippen molar-refractivity contribution in [2.75, 3.05) is 6.61 Å². The second-order valence-corrected chi connectivity index (χ2v) is 8.55. The summed E-state index contributed by atoms with van der Waals surface area (Å²) in [6.07, 6.45) is 2.63. The molecule has 0 bridgehead atoms. The molecule has 1 saturated carbocycles. The zero-order valence-electron chi connectivity index (χ0n) is 17.5. The molecule has 8 nitrogen and oxygen atoms in total. The van der Waals surface area contributed by atoms with E-state index in [-0.39, 0.29) is 25.1 Å². The summed E-state index contributed by atoms with van der Waals surface area (Å²) < 4.78 is 30.9. The third-order valence-electron chi connectivity index (χ3n) is 6.22. The standard InChI is InChI=1S/C22H23F2N5O3/c1-13-10-29-18(11-28(13)20(31)17-8-14-4-2-3-5-16(14)26-17)15(9-25-29)19(30)27-22(6-7-22)12-32-21(23)24/h2-5,8-9,13,21,26H,6-7,10-12H2,1H3,(H,27,30). The van der Waals surface area contributed by atoms with Crippen molar-refractivity contribution in [1.82, 2.24) is 25.0 Å². The van der Waals surface area contributed by atoms with E-state index in [4.69, 9.17) is 0 Å². The van der Waals surface area contributed by atoms with Crippen LogP contribution in [0.5, 0.6) is 0 Å². The Labute approximate surface area is 182 Å². The smallest absolute Gasteiger partial charge is 0.345 e. The normalized spacial score (nSPS) is 19.2. The van der Waals surface area contributed by atoms with Crippen molar-refractivity contribution in [3.05, 3.63) is 53.5 Å². The fourth-order valence-corrected chi connectivity index (χ4v) is 4.19. The summed E-state index contributed by atoms with van der Waals surface area (Å²) in [4.78, 5) is 31.0. The van der Waals surface area contributed by atoms with E-state index in [1.54, 1.807) is 9.58 Å². The van der Waals surface area contributed by atoms with Crippen LogP contribution < -0.4 is 5.32 Å². The van der Waals surface area contributed by atoms with Crippen LogP contribution in [-0.4, -0.2) is 56.3 Å². The number of rotatable bonds is 6. The molecule has 3 aromatic rings. The van der Waals surface area contributed by atoms with E-state index in [9.17, 15) is 18.4 Å². The lowest BCUT2D eigenvalue weighted by Gasteiger charge is -2.34. The summed E-state index contributed by atoms with van der Waals surface area (Å²) >= 11 is 0. The van der Waals surface area contributed by atoms with Gasteiger partial charge < -0.3 is 19.9 Å². The fraction of sp³-hybridized carbons (Fsp3) is 0.409. The van der Waals surface area contributed by atoms with E-state index in [0.717, 1.165) is 10.9 Å². The van der Waals surface area contributed by atoms with Gasteiger partial charge in [0.1, 0.15) is 5.69 Å². The quantitative estimate of drug-likeness (QED) is 0.613. The Morgan fingerprint density at radius 2 is 2.12 bits per heavy atom. The molecule has 2 aliphatic rings. The minimum Gasteiger partial charge on any atom is -0.351 e. The number of hydrogen-bond donors (Lipinski definition) is 2. The lowest BCUT2D eigenvalue weighted by atomic mass is 10.1. The Hall–Kier alpha value is -3.27. The molecule has 1 aliphatic carbocycles. The molecule has 2 aromatic heterocycles. The first-order chi connectivity index (χ1) is 15.3. The predicted octanol–water partition coefficient (Wildman–Crippen LogP) is 2.91. The van der Waals surface area contributed by atoms with E-state index in [1.807, 2.05) is 37.3 Å². The number of alkyl halides is 2. The van der Waals surface area contributed by atoms with Crippen molar-refractivity contribution < 1.29 is 23.1 Å². The van der Waals surface area contributed by atoms with Crippen LogP contribution in [-0.2, 0) is 17.8 Å². The highest BCUT2D eigenvalue weighted by atomic mass is 19.3. The number of carbonyl (C=O) groups excluding carboxylic acids is 2. The topological polar surface area (TPSA) is 92.2 Å². The van der Waals surface area contributed by atoms with Gasteiger partial charge in [-0.05, 0) is 31.9 Å². The molecule has 1 aliphatic heterocycles. The van der Waals surface area contributed by atoms with Crippen LogP contribution in [0.25, 0.3) is 10.9 Å². The van der Waals surface area contributed by atoms with Crippen molar-refractivity contribution in [3.8, 4) is 0 Å². The molecule has 168 valence electrons. The maximum absolute atomic E-state index is 13.3. The number of H-pyrrole nitrogens is 1. The molecule has 1 aromatic carbocycles. The van der Waals surface area contributed by atoms with E-state index in [2.05, 4.69) is 20.1 Å². The van der Waals surface area contributed by atoms with Crippen LogP contribution in [0.1, 0.15) is 46.3 Å². The first-order valence-electron chi connectivity index (χ1n) is 10.5. The number of nitrogens with one attached hydrogen (secondary N) is 2. The van der Waals surface area contributed by atoms with Crippen LogP contribution >= 0.6 is 0 Å². The van der Waals surface area contributed by atoms with E-state index < -0.39 is 18.1 Å². The molecule has 10 heteroatoms. The fourth-order valence-electron chi connectivity index (χ4n) is 4.19. The van der Waals surface area contributed by atoms with Crippen LogP contribution in [0.4, 0.5) is 8.78 Å². The van der Waals surface area contributed by atoms with Gasteiger partial charge in [-0.15, -0.1) is 0 Å².